The number of Topliss-reactive ketones (excluding diaryl/α,β-unsaturated/α-hetero) is 1. The van der Waals surface area contributed by atoms with E-state index in [2.05, 4.69) is 78.9 Å². The fourth-order valence-corrected chi connectivity index (χ4v) is 5.09. The molecule has 0 radical (unpaired) electrons. The van der Waals surface area contributed by atoms with Gasteiger partial charge >= 0.3 is 0 Å². The van der Waals surface area contributed by atoms with Gasteiger partial charge in [0.15, 0.2) is 0 Å². The first-order chi connectivity index (χ1) is 17.7. The molecule has 0 heterocycles. The molecule has 0 unspecified atom stereocenters. The van der Waals surface area contributed by atoms with E-state index in [1.54, 1.807) is 6.92 Å². The van der Waals surface area contributed by atoms with E-state index in [1.165, 1.54) is 0 Å². The molecule has 0 saturated heterocycles. The molecular formula is C35H28O. The average molecular weight is 465 g/mol. The van der Waals surface area contributed by atoms with Crippen LogP contribution in [0.5, 0.6) is 0 Å². The molecular weight excluding hydrogens is 436 g/mol. The zero-order valence-electron chi connectivity index (χ0n) is 20.3. The summed E-state index contributed by atoms with van der Waals surface area (Å²) in [6.45, 7) is 1.71. The number of benzene rings is 5. The minimum atomic E-state index is -0.955. The molecule has 5 aromatic rings. The molecule has 1 heteroatoms. The van der Waals surface area contributed by atoms with Crippen LogP contribution in [0.25, 0.3) is 12.2 Å². The standard InChI is InChI=1S/C35H28O/c1-27(36)35(31-20-10-4-11-21-31,32-22-12-5-13-23-32)34-24-14-19-30(25-28-15-6-2-7-16-28)33(34)26-29-17-8-3-9-18-29/h2-26H,1H3. The highest BCUT2D eigenvalue weighted by Crippen LogP contribution is 2.38. The van der Waals surface area contributed by atoms with Crippen molar-refractivity contribution in [3.63, 3.8) is 0 Å². The monoisotopic (exact) mass is 464 g/mol. The van der Waals surface area contributed by atoms with Crippen LogP contribution >= 0.6 is 0 Å². The molecule has 0 aromatic heterocycles. The third-order valence-electron chi connectivity index (χ3n) is 6.72. The van der Waals surface area contributed by atoms with Crippen molar-refractivity contribution in [2.75, 3.05) is 0 Å². The summed E-state index contributed by atoms with van der Waals surface area (Å²) in [4.78, 5) is 13.9. The van der Waals surface area contributed by atoms with E-state index in [9.17, 15) is 4.79 Å². The first kappa shape index (κ1) is 23.3. The van der Waals surface area contributed by atoms with Crippen LogP contribution in [0, 0.1) is 0 Å². The van der Waals surface area contributed by atoms with E-state index in [0.29, 0.717) is 0 Å². The largest absolute Gasteiger partial charge is 0.298 e. The number of rotatable bonds is 6. The molecule has 0 spiro atoms. The Hall–Kier alpha value is -4.49. The van der Waals surface area contributed by atoms with Gasteiger partial charge in [0, 0.05) is 0 Å². The molecule has 1 nitrogen and oxygen atoms in total. The van der Waals surface area contributed by atoms with Gasteiger partial charge in [0.1, 0.15) is 11.2 Å². The summed E-state index contributed by atoms with van der Waals surface area (Å²) in [5.74, 6) is 0.0828. The second kappa shape index (κ2) is 10.4. The van der Waals surface area contributed by atoms with Gasteiger partial charge in [0.2, 0.25) is 0 Å². The van der Waals surface area contributed by atoms with Gasteiger partial charge in [0.25, 0.3) is 0 Å². The van der Waals surface area contributed by atoms with Crippen molar-refractivity contribution in [3.05, 3.63) is 178 Å². The molecule has 0 aliphatic carbocycles. The second-order valence-electron chi connectivity index (χ2n) is 8.96. The van der Waals surface area contributed by atoms with Gasteiger partial charge in [-0.3, -0.25) is 4.79 Å². The second-order valence-corrected chi connectivity index (χ2v) is 8.96. The molecule has 0 N–H and O–H groups in total. The Morgan fingerprint density at radius 1 is 0.528 bits per heavy atom. The van der Waals surface area contributed by atoms with Gasteiger partial charge in [-0.05, 0) is 57.3 Å². The average Bonchev–Trinajstić information content (AvgIpc) is 2.93. The minimum Gasteiger partial charge on any atom is -0.298 e. The zero-order chi connectivity index (χ0) is 24.8. The number of carbonyl (C=O) groups is 1. The van der Waals surface area contributed by atoms with Gasteiger partial charge in [-0.1, -0.05) is 140 Å². The smallest absolute Gasteiger partial charge is 0.149 e. The van der Waals surface area contributed by atoms with Crippen molar-refractivity contribution in [1.82, 2.24) is 0 Å². The predicted octanol–water partition coefficient (Wildman–Crippen LogP) is 6.27. The quantitative estimate of drug-likeness (QED) is 0.271. The lowest BCUT2D eigenvalue weighted by Crippen LogP contribution is -2.44. The third kappa shape index (κ3) is 4.44. The third-order valence-corrected chi connectivity index (χ3v) is 6.72. The number of hydrogen-bond acceptors (Lipinski definition) is 1. The highest BCUT2D eigenvalue weighted by Gasteiger charge is 2.41. The van der Waals surface area contributed by atoms with Crippen LogP contribution in [-0.4, -0.2) is 5.78 Å². The molecule has 0 aliphatic heterocycles. The van der Waals surface area contributed by atoms with Crippen molar-refractivity contribution in [2.24, 2.45) is 0 Å². The van der Waals surface area contributed by atoms with Gasteiger partial charge < -0.3 is 0 Å². The van der Waals surface area contributed by atoms with E-state index in [1.807, 2.05) is 72.8 Å². The van der Waals surface area contributed by atoms with Crippen LogP contribution in [0.1, 0.15) is 34.7 Å². The maximum Gasteiger partial charge on any atom is 0.149 e. The topological polar surface area (TPSA) is 17.1 Å². The number of ketones is 1. The maximum absolute atomic E-state index is 13.9. The summed E-state index contributed by atoms with van der Waals surface area (Å²) >= 11 is 0. The molecule has 5 rings (SSSR count). The molecule has 0 bridgehead atoms. The summed E-state index contributed by atoms with van der Waals surface area (Å²) in [6, 6.07) is 47.2. The highest BCUT2D eigenvalue weighted by atomic mass is 16.1. The van der Waals surface area contributed by atoms with Gasteiger partial charge in [0.05, 0.1) is 0 Å². The summed E-state index contributed by atoms with van der Waals surface area (Å²) in [6.07, 6.45) is 4.40. The Bertz CT molecular complexity index is 1530. The molecule has 5 aromatic carbocycles. The van der Waals surface area contributed by atoms with Crippen molar-refractivity contribution in [2.45, 2.75) is 12.3 Å². The fourth-order valence-electron chi connectivity index (χ4n) is 5.09. The fraction of sp³-hybridized carbons (Fsp3) is 0.0571. The van der Waals surface area contributed by atoms with Crippen LogP contribution in [-0.2, 0) is 10.2 Å². The van der Waals surface area contributed by atoms with Crippen LogP contribution in [0.2, 0.25) is 0 Å². The van der Waals surface area contributed by atoms with Crippen molar-refractivity contribution in [1.29, 1.82) is 0 Å². The SMILES string of the molecule is CC(=O)C(c1ccccc1)(c1ccccc1)c1cccc(=Cc2ccccc2)c1=Cc1ccccc1. The van der Waals surface area contributed by atoms with Crippen LogP contribution in [0.4, 0.5) is 0 Å². The lowest BCUT2D eigenvalue weighted by atomic mass is 9.66. The first-order valence-corrected chi connectivity index (χ1v) is 12.2. The molecule has 0 aliphatic rings. The summed E-state index contributed by atoms with van der Waals surface area (Å²) in [7, 11) is 0. The lowest BCUT2D eigenvalue weighted by Gasteiger charge is -2.34. The minimum absolute atomic E-state index is 0.0828. The Labute approximate surface area is 212 Å². The normalized spacial score (nSPS) is 12.5. The molecule has 0 atom stereocenters. The molecule has 0 saturated carbocycles. The van der Waals surface area contributed by atoms with Crippen molar-refractivity contribution in [3.8, 4) is 0 Å². The Morgan fingerprint density at radius 3 is 1.44 bits per heavy atom. The number of carbonyl (C=O) groups excluding carboxylic acids is 1. The summed E-state index contributed by atoms with van der Waals surface area (Å²) in [5, 5.41) is 2.11. The van der Waals surface area contributed by atoms with Crippen LogP contribution < -0.4 is 10.4 Å². The van der Waals surface area contributed by atoms with Crippen LogP contribution in [0.15, 0.2) is 140 Å². The zero-order valence-corrected chi connectivity index (χ0v) is 20.3. The first-order valence-electron chi connectivity index (χ1n) is 12.2. The Balaban J connectivity index is 1.95. The van der Waals surface area contributed by atoms with Gasteiger partial charge in [-0.25, -0.2) is 0 Å². The lowest BCUT2D eigenvalue weighted by molar-refractivity contribution is -0.119. The van der Waals surface area contributed by atoms with Crippen molar-refractivity contribution < 1.29 is 4.79 Å². The maximum atomic E-state index is 13.9. The molecule has 0 amide bonds. The van der Waals surface area contributed by atoms with E-state index < -0.39 is 5.41 Å². The molecule has 36 heavy (non-hydrogen) atoms. The predicted molar refractivity (Wildman–Crippen MR) is 149 cm³/mol. The summed E-state index contributed by atoms with van der Waals surface area (Å²) in [5.41, 5.74) is 4.15. The van der Waals surface area contributed by atoms with Crippen molar-refractivity contribution >= 4 is 17.9 Å². The van der Waals surface area contributed by atoms with Gasteiger partial charge in [-0.15, -0.1) is 0 Å². The van der Waals surface area contributed by atoms with E-state index in [-0.39, 0.29) is 5.78 Å². The summed E-state index contributed by atoms with van der Waals surface area (Å²) < 4.78 is 0. The highest BCUT2D eigenvalue weighted by molar-refractivity contribution is 5.96. The Kier molecular flexibility index (Phi) is 6.73. The Morgan fingerprint density at radius 2 is 0.972 bits per heavy atom. The van der Waals surface area contributed by atoms with E-state index >= 15 is 0 Å². The van der Waals surface area contributed by atoms with Gasteiger partial charge in [-0.2, -0.15) is 0 Å². The van der Waals surface area contributed by atoms with E-state index in [0.717, 1.165) is 38.3 Å². The van der Waals surface area contributed by atoms with Crippen LogP contribution in [0.3, 0.4) is 0 Å². The van der Waals surface area contributed by atoms with E-state index in [4.69, 9.17) is 0 Å². The molecule has 174 valence electrons. The molecule has 0 fully saturated rings. The number of hydrogen-bond donors (Lipinski definition) is 0.